The highest BCUT2D eigenvalue weighted by Gasteiger charge is 1.97. The smallest absolute Gasteiger partial charge is 0.0713 e. The summed E-state index contributed by atoms with van der Waals surface area (Å²) in [6, 6.07) is 10.7. The van der Waals surface area contributed by atoms with Crippen LogP contribution >= 0.6 is 11.3 Å². The first-order valence-corrected chi connectivity index (χ1v) is 7.11. The molecule has 0 atom stereocenters. The summed E-state index contributed by atoms with van der Waals surface area (Å²) in [7, 11) is 1.73. The molecular formula is C15H19NOS. The summed E-state index contributed by atoms with van der Waals surface area (Å²) in [5, 5.41) is 7.81. The summed E-state index contributed by atoms with van der Waals surface area (Å²) in [6.07, 6.45) is 1.10. The molecule has 1 heterocycles. The lowest BCUT2D eigenvalue weighted by Gasteiger charge is -2.06. The summed E-state index contributed by atoms with van der Waals surface area (Å²) in [5.41, 5.74) is 3.96. The highest BCUT2D eigenvalue weighted by atomic mass is 32.1. The summed E-state index contributed by atoms with van der Waals surface area (Å²) in [4.78, 5) is 0. The summed E-state index contributed by atoms with van der Waals surface area (Å²) in [5.74, 6) is 0. The minimum absolute atomic E-state index is 0.683. The maximum absolute atomic E-state index is 5.14. The molecular weight excluding hydrogens is 242 g/mol. The van der Waals surface area contributed by atoms with Gasteiger partial charge in [0.2, 0.25) is 0 Å². The molecule has 0 saturated carbocycles. The van der Waals surface area contributed by atoms with Crippen LogP contribution in [0, 0.1) is 0 Å². The van der Waals surface area contributed by atoms with E-state index in [-0.39, 0.29) is 0 Å². The maximum atomic E-state index is 5.14. The van der Waals surface area contributed by atoms with Gasteiger partial charge in [-0.15, -0.1) is 0 Å². The van der Waals surface area contributed by atoms with Crippen molar-refractivity contribution in [2.45, 2.75) is 19.6 Å². The lowest BCUT2D eigenvalue weighted by atomic mass is 10.1. The van der Waals surface area contributed by atoms with Gasteiger partial charge in [0.05, 0.1) is 6.61 Å². The van der Waals surface area contributed by atoms with Gasteiger partial charge >= 0.3 is 0 Å². The molecule has 1 N–H and O–H groups in total. The van der Waals surface area contributed by atoms with Crippen LogP contribution in [0.4, 0.5) is 0 Å². The molecule has 0 radical (unpaired) electrons. The van der Waals surface area contributed by atoms with E-state index >= 15 is 0 Å². The van der Waals surface area contributed by atoms with E-state index in [1.165, 1.54) is 16.7 Å². The third-order valence-corrected chi connectivity index (χ3v) is 3.53. The molecule has 0 spiro atoms. The molecule has 2 rings (SSSR count). The van der Waals surface area contributed by atoms with Gasteiger partial charge < -0.3 is 10.1 Å². The molecule has 0 saturated heterocycles. The average Bonchev–Trinajstić information content (AvgIpc) is 2.89. The van der Waals surface area contributed by atoms with Gasteiger partial charge in [0.25, 0.3) is 0 Å². The summed E-state index contributed by atoms with van der Waals surface area (Å²) >= 11 is 1.76. The largest absolute Gasteiger partial charge is 0.380 e. The van der Waals surface area contributed by atoms with Crippen molar-refractivity contribution in [2.24, 2.45) is 0 Å². The number of thiophene rings is 1. The number of hydrogen-bond acceptors (Lipinski definition) is 3. The zero-order chi connectivity index (χ0) is 12.6. The van der Waals surface area contributed by atoms with Crippen LogP contribution in [0.25, 0.3) is 0 Å². The number of methoxy groups -OCH3 is 1. The Balaban J connectivity index is 1.74. The van der Waals surface area contributed by atoms with Gasteiger partial charge in [-0.1, -0.05) is 24.3 Å². The molecule has 0 aliphatic rings. The summed E-state index contributed by atoms with van der Waals surface area (Å²) in [6.45, 7) is 2.62. The zero-order valence-corrected chi connectivity index (χ0v) is 11.5. The van der Waals surface area contributed by atoms with Crippen molar-refractivity contribution in [3.05, 3.63) is 57.8 Å². The van der Waals surface area contributed by atoms with Gasteiger partial charge in [-0.3, -0.25) is 0 Å². The highest BCUT2D eigenvalue weighted by Crippen LogP contribution is 2.07. The molecule has 0 unspecified atom stereocenters. The van der Waals surface area contributed by atoms with Crippen molar-refractivity contribution in [3.8, 4) is 0 Å². The van der Waals surface area contributed by atoms with Crippen LogP contribution < -0.4 is 5.32 Å². The van der Waals surface area contributed by atoms with E-state index in [4.69, 9.17) is 4.74 Å². The molecule has 96 valence electrons. The lowest BCUT2D eigenvalue weighted by Crippen LogP contribution is -2.16. The monoisotopic (exact) mass is 261 g/mol. The fourth-order valence-electron chi connectivity index (χ4n) is 1.90. The van der Waals surface area contributed by atoms with Crippen LogP contribution in [-0.4, -0.2) is 13.7 Å². The maximum Gasteiger partial charge on any atom is 0.0713 e. The van der Waals surface area contributed by atoms with Crippen LogP contribution in [0.3, 0.4) is 0 Å². The molecule has 1 aromatic carbocycles. The van der Waals surface area contributed by atoms with Crippen LogP contribution in [0.15, 0.2) is 41.1 Å². The predicted octanol–water partition coefficient (Wildman–Crippen LogP) is 3.23. The number of benzene rings is 1. The molecule has 2 nitrogen and oxygen atoms in total. The van der Waals surface area contributed by atoms with Crippen molar-refractivity contribution in [1.29, 1.82) is 0 Å². The van der Waals surface area contributed by atoms with Crippen LogP contribution in [-0.2, 0) is 24.3 Å². The van der Waals surface area contributed by atoms with Crippen molar-refractivity contribution >= 4 is 11.3 Å². The molecule has 0 aliphatic heterocycles. The van der Waals surface area contributed by atoms with Crippen molar-refractivity contribution in [1.82, 2.24) is 5.32 Å². The van der Waals surface area contributed by atoms with E-state index < -0.39 is 0 Å². The molecule has 18 heavy (non-hydrogen) atoms. The van der Waals surface area contributed by atoms with E-state index in [1.54, 1.807) is 18.4 Å². The molecule has 2 aromatic rings. The number of nitrogens with one attached hydrogen (secondary N) is 1. The molecule has 3 heteroatoms. The van der Waals surface area contributed by atoms with E-state index in [9.17, 15) is 0 Å². The zero-order valence-electron chi connectivity index (χ0n) is 10.7. The quantitative estimate of drug-likeness (QED) is 0.773. The van der Waals surface area contributed by atoms with Gasteiger partial charge in [-0.05, 0) is 46.5 Å². The van der Waals surface area contributed by atoms with Gasteiger partial charge in [-0.2, -0.15) is 11.3 Å². The predicted molar refractivity (Wildman–Crippen MR) is 76.9 cm³/mol. The first-order valence-electron chi connectivity index (χ1n) is 6.17. The van der Waals surface area contributed by atoms with E-state index in [1.807, 2.05) is 0 Å². The van der Waals surface area contributed by atoms with E-state index in [0.29, 0.717) is 6.61 Å². The van der Waals surface area contributed by atoms with Gasteiger partial charge in [0.15, 0.2) is 0 Å². The van der Waals surface area contributed by atoms with Crippen LogP contribution in [0.1, 0.15) is 16.7 Å². The first kappa shape index (κ1) is 13.3. The number of rotatable bonds is 7. The van der Waals surface area contributed by atoms with Crippen LogP contribution in [0.2, 0.25) is 0 Å². The lowest BCUT2D eigenvalue weighted by molar-refractivity contribution is 0.185. The average molecular weight is 261 g/mol. The Morgan fingerprint density at radius 1 is 1.17 bits per heavy atom. The second-order valence-corrected chi connectivity index (χ2v) is 5.09. The van der Waals surface area contributed by atoms with Gasteiger partial charge in [0.1, 0.15) is 0 Å². The minimum Gasteiger partial charge on any atom is -0.380 e. The fraction of sp³-hybridized carbons (Fsp3) is 0.333. The third kappa shape index (κ3) is 4.26. The Bertz CT molecular complexity index is 453. The second kappa shape index (κ2) is 7.31. The Kier molecular flexibility index (Phi) is 5.39. The molecule has 0 fully saturated rings. The van der Waals surface area contributed by atoms with E-state index in [2.05, 4.69) is 46.4 Å². The molecule has 1 aromatic heterocycles. The molecule has 0 bridgehead atoms. The Labute approximate surface area is 113 Å². The number of hydrogen-bond donors (Lipinski definition) is 1. The normalized spacial score (nSPS) is 10.7. The fourth-order valence-corrected chi connectivity index (χ4v) is 2.60. The second-order valence-electron chi connectivity index (χ2n) is 4.31. The first-order chi connectivity index (χ1) is 8.88. The van der Waals surface area contributed by atoms with E-state index in [0.717, 1.165) is 19.5 Å². The third-order valence-electron chi connectivity index (χ3n) is 2.80. The SMILES string of the molecule is COCc1cccc(CNCCc2ccsc2)c1. The van der Waals surface area contributed by atoms with Gasteiger partial charge in [0, 0.05) is 13.7 Å². The Morgan fingerprint density at radius 3 is 2.83 bits per heavy atom. The van der Waals surface area contributed by atoms with Crippen molar-refractivity contribution < 1.29 is 4.74 Å². The summed E-state index contributed by atoms with van der Waals surface area (Å²) < 4.78 is 5.14. The number of ether oxygens (including phenoxy) is 1. The Hall–Kier alpha value is -1.16. The standard InChI is InChI=1S/C15H19NOS/c1-17-11-15-4-2-3-14(9-15)10-16-7-5-13-6-8-18-12-13/h2-4,6,8-9,12,16H,5,7,10-11H2,1H3. The molecule has 0 amide bonds. The van der Waals surface area contributed by atoms with Gasteiger partial charge in [-0.25, -0.2) is 0 Å². The highest BCUT2D eigenvalue weighted by molar-refractivity contribution is 7.07. The van der Waals surface area contributed by atoms with Crippen molar-refractivity contribution in [2.75, 3.05) is 13.7 Å². The van der Waals surface area contributed by atoms with Crippen molar-refractivity contribution in [3.63, 3.8) is 0 Å². The van der Waals surface area contributed by atoms with Crippen LogP contribution in [0.5, 0.6) is 0 Å². The minimum atomic E-state index is 0.683. The topological polar surface area (TPSA) is 21.3 Å². The Morgan fingerprint density at radius 2 is 2.06 bits per heavy atom. The molecule has 0 aliphatic carbocycles.